The molecule has 1 aromatic carbocycles. The second-order valence-electron chi connectivity index (χ2n) is 2.26. The van der Waals surface area contributed by atoms with Crippen LogP contribution < -0.4 is 0 Å². The lowest BCUT2D eigenvalue weighted by molar-refractivity contribution is -0.0423. The number of hydrogen-bond donors (Lipinski definition) is 0. The van der Waals surface area contributed by atoms with E-state index < -0.39 is 6.79 Å². The normalized spacial score (nSPS) is 9.91. The van der Waals surface area contributed by atoms with E-state index in [9.17, 15) is 5.11 Å². The van der Waals surface area contributed by atoms with E-state index in [4.69, 9.17) is 0 Å². The van der Waals surface area contributed by atoms with Crippen LogP contribution in [0.1, 0.15) is 5.56 Å². The third kappa shape index (κ3) is 3.16. The number of ether oxygens (including phenoxy) is 1. The Hall–Kier alpha value is -0.860. The van der Waals surface area contributed by atoms with Gasteiger partial charge in [0.15, 0.2) is 6.79 Å². The van der Waals surface area contributed by atoms with E-state index in [1.807, 2.05) is 30.3 Å². The fourth-order valence-corrected chi connectivity index (χ4v) is 0.894. The fourth-order valence-electron chi connectivity index (χ4n) is 0.894. The van der Waals surface area contributed by atoms with E-state index in [0.29, 0.717) is 6.61 Å². The summed E-state index contributed by atoms with van der Waals surface area (Å²) in [4.78, 5) is 0. The molecular weight excluding hydrogens is 140 g/mol. The molecule has 0 spiro atoms. The molecule has 2 heteroatoms. The third-order valence-corrected chi connectivity index (χ3v) is 1.46. The average molecular weight is 151 g/mol. The van der Waals surface area contributed by atoms with Crippen molar-refractivity contribution in [2.45, 2.75) is 6.42 Å². The minimum absolute atomic E-state index is 0.438. The Kier molecular flexibility index (Phi) is 3.65. The van der Waals surface area contributed by atoms with E-state index >= 15 is 0 Å². The van der Waals surface area contributed by atoms with Crippen molar-refractivity contribution in [3.8, 4) is 0 Å². The standard InChI is InChI=1S/C9H11O2/c10-8-11-7-6-9-4-2-1-3-5-9/h1-5H,6-8H2. The van der Waals surface area contributed by atoms with Crippen molar-refractivity contribution < 1.29 is 9.84 Å². The highest BCUT2D eigenvalue weighted by Gasteiger charge is 1.89. The van der Waals surface area contributed by atoms with Crippen molar-refractivity contribution in [2.24, 2.45) is 0 Å². The molecule has 0 saturated heterocycles. The smallest absolute Gasteiger partial charge is 0.180 e. The lowest BCUT2D eigenvalue weighted by Gasteiger charge is -1.98. The van der Waals surface area contributed by atoms with Gasteiger partial charge in [0.25, 0.3) is 0 Å². The van der Waals surface area contributed by atoms with Gasteiger partial charge in [-0.25, -0.2) is 5.11 Å². The molecule has 0 N–H and O–H groups in total. The van der Waals surface area contributed by atoms with E-state index in [2.05, 4.69) is 4.74 Å². The van der Waals surface area contributed by atoms with E-state index in [1.165, 1.54) is 5.56 Å². The van der Waals surface area contributed by atoms with Crippen LogP contribution in [0.5, 0.6) is 0 Å². The van der Waals surface area contributed by atoms with Crippen LogP contribution in [0, 0.1) is 0 Å². The highest BCUT2D eigenvalue weighted by atomic mass is 16.6. The third-order valence-electron chi connectivity index (χ3n) is 1.46. The summed E-state index contributed by atoms with van der Waals surface area (Å²) >= 11 is 0. The van der Waals surface area contributed by atoms with Crippen molar-refractivity contribution in [2.75, 3.05) is 13.4 Å². The van der Waals surface area contributed by atoms with Crippen molar-refractivity contribution in [3.63, 3.8) is 0 Å². The molecule has 0 atom stereocenters. The molecule has 1 rings (SSSR count). The summed E-state index contributed by atoms with van der Waals surface area (Å²) in [6.45, 7) is 0.0837. The Morgan fingerprint density at radius 1 is 1.18 bits per heavy atom. The predicted molar refractivity (Wildman–Crippen MR) is 41.7 cm³/mol. The number of rotatable bonds is 4. The number of hydrogen-bond acceptors (Lipinski definition) is 1. The lowest BCUT2D eigenvalue weighted by atomic mass is 10.2. The summed E-state index contributed by atoms with van der Waals surface area (Å²) in [7, 11) is 0. The van der Waals surface area contributed by atoms with Crippen LogP contribution >= 0.6 is 0 Å². The summed E-state index contributed by atoms with van der Waals surface area (Å²) in [5.41, 5.74) is 1.21. The maximum absolute atomic E-state index is 9.90. The minimum atomic E-state index is -0.438. The van der Waals surface area contributed by atoms with Gasteiger partial charge < -0.3 is 4.74 Å². The van der Waals surface area contributed by atoms with Gasteiger partial charge in [0.1, 0.15) is 0 Å². The zero-order valence-electron chi connectivity index (χ0n) is 6.32. The molecule has 0 bridgehead atoms. The summed E-state index contributed by atoms with van der Waals surface area (Å²) < 4.78 is 4.68. The van der Waals surface area contributed by atoms with Gasteiger partial charge in [0.2, 0.25) is 0 Å². The van der Waals surface area contributed by atoms with Gasteiger partial charge in [-0.2, -0.15) is 0 Å². The molecule has 0 aliphatic carbocycles. The van der Waals surface area contributed by atoms with Crippen LogP contribution in [-0.2, 0) is 16.3 Å². The number of benzene rings is 1. The van der Waals surface area contributed by atoms with Gasteiger partial charge in [-0.15, -0.1) is 0 Å². The van der Waals surface area contributed by atoms with E-state index in [0.717, 1.165) is 6.42 Å². The first-order valence-electron chi connectivity index (χ1n) is 3.63. The van der Waals surface area contributed by atoms with Crippen LogP contribution in [0.3, 0.4) is 0 Å². The quantitative estimate of drug-likeness (QED) is 0.475. The van der Waals surface area contributed by atoms with Crippen molar-refractivity contribution >= 4 is 0 Å². The summed E-state index contributed by atoms with van der Waals surface area (Å²) in [6, 6.07) is 9.97. The molecule has 0 unspecified atom stereocenters. The molecule has 1 radical (unpaired) electrons. The summed E-state index contributed by atoms with van der Waals surface area (Å²) in [5.74, 6) is 0. The van der Waals surface area contributed by atoms with Crippen molar-refractivity contribution in [1.82, 2.24) is 0 Å². The minimum Gasteiger partial charge on any atom is -0.352 e. The molecule has 11 heavy (non-hydrogen) atoms. The molecule has 0 aliphatic heterocycles. The van der Waals surface area contributed by atoms with Gasteiger partial charge in [0, 0.05) is 0 Å². The zero-order valence-corrected chi connectivity index (χ0v) is 6.32. The topological polar surface area (TPSA) is 29.1 Å². The van der Waals surface area contributed by atoms with Gasteiger partial charge in [0.05, 0.1) is 6.61 Å². The fraction of sp³-hybridized carbons (Fsp3) is 0.333. The Morgan fingerprint density at radius 2 is 1.91 bits per heavy atom. The van der Waals surface area contributed by atoms with Gasteiger partial charge >= 0.3 is 0 Å². The molecule has 1 aromatic rings. The Morgan fingerprint density at radius 3 is 2.55 bits per heavy atom. The maximum atomic E-state index is 9.90. The maximum Gasteiger partial charge on any atom is 0.180 e. The van der Waals surface area contributed by atoms with Gasteiger partial charge in [-0.05, 0) is 12.0 Å². The highest BCUT2D eigenvalue weighted by Crippen LogP contribution is 1.98. The molecule has 2 nitrogen and oxygen atoms in total. The van der Waals surface area contributed by atoms with Gasteiger partial charge in [-0.1, -0.05) is 30.3 Å². The molecule has 59 valence electrons. The average Bonchev–Trinajstić information content (AvgIpc) is 2.07. The van der Waals surface area contributed by atoms with Crippen LogP contribution in [0.4, 0.5) is 0 Å². The molecule has 0 heterocycles. The van der Waals surface area contributed by atoms with Crippen LogP contribution in [0.25, 0.3) is 0 Å². The highest BCUT2D eigenvalue weighted by molar-refractivity contribution is 5.14. The Balaban J connectivity index is 2.28. The van der Waals surface area contributed by atoms with Crippen molar-refractivity contribution in [1.29, 1.82) is 0 Å². The Bertz CT molecular complexity index is 184. The second-order valence-corrected chi connectivity index (χ2v) is 2.26. The van der Waals surface area contributed by atoms with Crippen molar-refractivity contribution in [3.05, 3.63) is 35.9 Å². The SMILES string of the molecule is [O]COCCc1ccccc1. The van der Waals surface area contributed by atoms with Crippen LogP contribution in [0.2, 0.25) is 0 Å². The first kappa shape index (κ1) is 8.24. The largest absolute Gasteiger partial charge is 0.352 e. The lowest BCUT2D eigenvalue weighted by Crippen LogP contribution is -1.97. The first-order chi connectivity index (χ1) is 5.43. The summed E-state index contributed by atoms with van der Waals surface area (Å²) in [5, 5.41) is 9.90. The molecular formula is C9H11O2. The van der Waals surface area contributed by atoms with E-state index in [-0.39, 0.29) is 0 Å². The zero-order chi connectivity index (χ0) is 7.94. The molecule has 0 aliphatic rings. The summed E-state index contributed by atoms with van der Waals surface area (Å²) in [6.07, 6.45) is 0.822. The van der Waals surface area contributed by atoms with Crippen LogP contribution in [0.15, 0.2) is 30.3 Å². The second kappa shape index (κ2) is 4.88. The molecule has 0 amide bonds. The Labute approximate surface area is 66.4 Å². The first-order valence-corrected chi connectivity index (χ1v) is 3.63. The van der Waals surface area contributed by atoms with Crippen LogP contribution in [-0.4, -0.2) is 13.4 Å². The molecule has 0 saturated carbocycles. The van der Waals surface area contributed by atoms with E-state index in [1.54, 1.807) is 0 Å². The van der Waals surface area contributed by atoms with Gasteiger partial charge in [-0.3, -0.25) is 0 Å². The monoisotopic (exact) mass is 151 g/mol. The molecule has 0 fully saturated rings. The molecule has 0 aromatic heterocycles. The predicted octanol–water partition coefficient (Wildman–Crippen LogP) is 1.63.